The second kappa shape index (κ2) is 5.26. The number of hydrogen-bond donors (Lipinski definition) is 2. The maximum absolute atomic E-state index is 4.97. The van der Waals surface area contributed by atoms with Gasteiger partial charge in [-0.2, -0.15) is 5.10 Å². The molecule has 1 aliphatic carbocycles. The van der Waals surface area contributed by atoms with Crippen LogP contribution in [0.25, 0.3) is 0 Å². The Hall–Kier alpha value is -2.11. The topological polar surface area (TPSA) is 75.7 Å². The van der Waals surface area contributed by atoms with Gasteiger partial charge in [-0.25, -0.2) is 9.97 Å². The predicted octanol–water partition coefficient (Wildman–Crippen LogP) is 2.61. The maximum atomic E-state index is 4.97. The number of H-pyrrole nitrogens is 1. The molecule has 0 radical (unpaired) electrons. The number of methoxy groups -OCH3 is 1. The molecule has 1 saturated carbocycles. The summed E-state index contributed by atoms with van der Waals surface area (Å²) in [4.78, 5) is 8.29. The van der Waals surface area contributed by atoms with Crippen molar-refractivity contribution < 1.29 is 4.74 Å². The summed E-state index contributed by atoms with van der Waals surface area (Å²) in [5.74, 6) is 2.57. The SMILES string of the molecule is COc1cnc(Nc2cc(C3CCCC3)[nH]n2)cn1. The number of ether oxygens (including phenoxy) is 1. The Bertz CT molecular complexity index is 530. The zero-order valence-electron chi connectivity index (χ0n) is 10.9. The second-order valence-corrected chi connectivity index (χ2v) is 4.76. The molecule has 1 fully saturated rings. The number of nitrogens with zero attached hydrogens (tertiary/aromatic N) is 3. The summed E-state index contributed by atoms with van der Waals surface area (Å²) in [6.07, 6.45) is 8.34. The monoisotopic (exact) mass is 259 g/mol. The minimum absolute atomic E-state index is 0.499. The fourth-order valence-electron chi connectivity index (χ4n) is 2.46. The second-order valence-electron chi connectivity index (χ2n) is 4.76. The Labute approximate surface area is 111 Å². The van der Waals surface area contributed by atoms with E-state index in [2.05, 4.69) is 31.5 Å². The molecule has 0 bridgehead atoms. The van der Waals surface area contributed by atoms with Gasteiger partial charge in [0.2, 0.25) is 5.88 Å². The molecule has 19 heavy (non-hydrogen) atoms. The Balaban J connectivity index is 1.68. The highest BCUT2D eigenvalue weighted by Gasteiger charge is 2.19. The summed E-state index contributed by atoms with van der Waals surface area (Å²) in [6, 6.07) is 2.06. The van der Waals surface area contributed by atoms with Crippen molar-refractivity contribution in [1.82, 2.24) is 20.2 Å². The van der Waals surface area contributed by atoms with E-state index in [0.29, 0.717) is 17.6 Å². The van der Waals surface area contributed by atoms with E-state index < -0.39 is 0 Å². The first-order valence-electron chi connectivity index (χ1n) is 6.53. The first-order chi connectivity index (χ1) is 9.35. The number of aromatic amines is 1. The number of rotatable bonds is 4. The Morgan fingerprint density at radius 1 is 1.21 bits per heavy atom. The van der Waals surface area contributed by atoms with Crippen LogP contribution in [0.5, 0.6) is 5.88 Å². The highest BCUT2D eigenvalue weighted by Crippen LogP contribution is 2.33. The third-order valence-corrected chi connectivity index (χ3v) is 3.49. The molecule has 0 amide bonds. The molecule has 0 aromatic carbocycles. The molecule has 2 N–H and O–H groups in total. The number of aromatic nitrogens is 4. The van der Waals surface area contributed by atoms with E-state index in [9.17, 15) is 0 Å². The standard InChI is InChI=1S/C13H17N5O/c1-19-13-8-14-12(7-15-13)16-11-6-10(17-18-11)9-4-2-3-5-9/h6-9H,2-5H2,1H3,(H2,14,16,17,18). The van der Waals surface area contributed by atoms with Crippen LogP contribution in [0, 0.1) is 0 Å². The van der Waals surface area contributed by atoms with Crippen molar-refractivity contribution in [2.75, 3.05) is 12.4 Å². The summed E-state index contributed by atoms with van der Waals surface area (Å²) in [5.41, 5.74) is 1.21. The van der Waals surface area contributed by atoms with E-state index in [1.165, 1.54) is 31.4 Å². The molecular formula is C13H17N5O. The molecule has 0 atom stereocenters. The highest BCUT2D eigenvalue weighted by atomic mass is 16.5. The maximum Gasteiger partial charge on any atom is 0.232 e. The van der Waals surface area contributed by atoms with E-state index >= 15 is 0 Å². The lowest BCUT2D eigenvalue weighted by Gasteiger charge is -2.03. The van der Waals surface area contributed by atoms with Crippen LogP contribution in [0.1, 0.15) is 37.3 Å². The van der Waals surface area contributed by atoms with Gasteiger partial charge in [0.15, 0.2) is 5.82 Å². The van der Waals surface area contributed by atoms with E-state index in [0.717, 1.165) is 5.82 Å². The van der Waals surface area contributed by atoms with Crippen molar-refractivity contribution in [1.29, 1.82) is 0 Å². The van der Waals surface area contributed by atoms with Crippen molar-refractivity contribution in [3.05, 3.63) is 24.2 Å². The minimum atomic E-state index is 0.499. The molecule has 2 aromatic heterocycles. The summed E-state index contributed by atoms with van der Waals surface area (Å²) >= 11 is 0. The highest BCUT2D eigenvalue weighted by molar-refractivity contribution is 5.51. The summed E-state index contributed by atoms with van der Waals surface area (Å²) in [5, 5.41) is 10.5. The van der Waals surface area contributed by atoms with Gasteiger partial charge in [0.05, 0.1) is 19.5 Å². The largest absolute Gasteiger partial charge is 0.480 e. The van der Waals surface area contributed by atoms with Gasteiger partial charge >= 0.3 is 0 Å². The first kappa shape index (κ1) is 12.0. The summed E-state index contributed by atoms with van der Waals surface area (Å²) < 4.78 is 4.97. The van der Waals surface area contributed by atoms with Crippen molar-refractivity contribution >= 4 is 11.6 Å². The third kappa shape index (κ3) is 2.67. The van der Waals surface area contributed by atoms with Crippen LogP contribution in [0.3, 0.4) is 0 Å². The lowest BCUT2D eigenvalue weighted by Crippen LogP contribution is -1.96. The van der Waals surface area contributed by atoms with Gasteiger partial charge in [-0.1, -0.05) is 12.8 Å². The molecule has 6 heteroatoms. The zero-order valence-corrected chi connectivity index (χ0v) is 10.9. The van der Waals surface area contributed by atoms with Gasteiger partial charge in [0.1, 0.15) is 5.82 Å². The van der Waals surface area contributed by atoms with E-state index in [-0.39, 0.29) is 0 Å². The normalized spacial score (nSPS) is 15.6. The van der Waals surface area contributed by atoms with Crippen LogP contribution in [-0.2, 0) is 0 Å². The van der Waals surface area contributed by atoms with Gasteiger partial charge in [-0.05, 0) is 12.8 Å². The third-order valence-electron chi connectivity index (χ3n) is 3.49. The molecule has 100 valence electrons. The van der Waals surface area contributed by atoms with Gasteiger partial charge in [0, 0.05) is 17.7 Å². The number of anilines is 2. The number of hydrogen-bond acceptors (Lipinski definition) is 5. The Morgan fingerprint density at radius 3 is 2.74 bits per heavy atom. The molecule has 0 spiro atoms. The zero-order chi connectivity index (χ0) is 13.1. The molecular weight excluding hydrogens is 242 g/mol. The Kier molecular flexibility index (Phi) is 3.31. The average Bonchev–Trinajstić information content (AvgIpc) is 3.10. The van der Waals surface area contributed by atoms with Gasteiger partial charge < -0.3 is 10.1 Å². The van der Waals surface area contributed by atoms with E-state index in [4.69, 9.17) is 4.74 Å². The van der Waals surface area contributed by atoms with Crippen molar-refractivity contribution in [2.24, 2.45) is 0 Å². The van der Waals surface area contributed by atoms with Crippen LogP contribution in [0.2, 0.25) is 0 Å². The van der Waals surface area contributed by atoms with Crippen LogP contribution >= 0.6 is 0 Å². The molecule has 6 nitrogen and oxygen atoms in total. The van der Waals surface area contributed by atoms with Crippen LogP contribution in [-0.4, -0.2) is 27.3 Å². The molecule has 2 aromatic rings. The quantitative estimate of drug-likeness (QED) is 0.882. The molecule has 0 aliphatic heterocycles. The number of nitrogens with one attached hydrogen (secondary N) is 2. The molecule has 0 saturated heterocycles. The summed E-state index contributed by atoms with van der Waals surface area (Å²) in [7, 11) is 1.57. The van der Waals surface area contributed by atoms with Crippen molar-refractivity contribution in [3.63, 3.8) is 0 Å². The van der Waals surface area contributed by atoms with Gasteiger partial charge in [-0.3, -0.25) is 5.10 Å². The predicted molar refractivity (Wildman–Crippen MR) is 71.7 cm³/mol. The van der Waals surface area contributed by atoms with Crippen molar-refractivity contribution in [3.8, 4) is 5.88 Å². The Morgan fingerprint density at radius 2 is 2.05 bits per heavy atom. The van der Waals surface area contributed by atoms with Gasteiger partial charge in [-0.15, -0.1) is 0 Å². The first-order valence-corrected chi connectivity index (χ1v) is 6.53. The smallest absolute Gasteiger partial charge is 0.232 e. The fourth-order valence-corrected chi connectivity index (χ4v) is 2.46. The average molecular weight is 259 g/mol. The van der Waals surface area contributed by atoms with Crippen LogP contribution in [0.15, 0.2) is 18.5 Å². The lowest BCUT2D eigenvalue weighted by molar-refractivity contribution is 0.396. The summed E-state index contributed by atoms with van der Waals surface area (Å²) in [6.45, 7) is 0. The van der Waals surface area contributed by atoms with Gasteiger partial charge in [0.25, 0.3) is 0 Å². The fraction of sp³-hybridized carbons (Fsp3) is 0.462. The van der Waals surface area contributed by atoms with E-state index in [1.807, 2.05) is 0 Å². The van der Waals surface area contributed by atoms with Crippen LogP contribution in [0.4, 0.5) is 11.6 Å². The van der Waals surface area contributed by atoms with E-state index in [1.54, 1.807) is 19.5 Å². The molecule has 2 heterocycles. The van der Waals surface area contributed by atoms with Crippen molar-refractivity contribution in [2.45, 2.75) is 31.6 Å². The molecule has 3 rings (SSSR count). The molecule has 0 unspecified atom stereocenters. The minimum Gasteiger partial charge on any atom is -0.480 e. The lowest BCUT2D eigenvalue weighted by atomic mass is 10.0. The van der Waals surface area contributed by atoms with Crippen LogP contribution < -0.4 is 10.1 Å². The molecule has 1 aliphatic rings.